The Morgan fingerprint density at radius 2 is 1.92 bits per heavy atom. The monoisotopic (exact) mass is 345 g/mol. The van der Waals surface area contributed by atoms with Crippen LogP contribution in [0, 0.1) is 11.6 Å². The first-order chi connectivity index (χ1) is 12.0. The fraction of sp³-hybridized carbons (Fsp3) is 0.222. The van der Waals surface area contributed by atoms with E-state index in [1.165, 1.54) is 4.90 Å². The van der Waals surface area contributed by atoms with Gasteiger partial charge in [-0.1, -0.05) is 30.3 Å². The molecule has 1 saturated heterocycles. The third-order valence-electron chi connectivity index (χ3n) is 4.11. The number of benzene rings is 2. The maximum Gasteiger partial charge on any atom is 0.319 e. The summed E-state index contributed by atoms with van der Waals surface area (Å²) in [6.45, 7) is 0.546. The summed E-state index contributed by atoms with van der Waals surface area (Å²) in [4.78, 5) is 25.6. The lowest BCUT2D eigenvalue weighted by Crippen LogP contribution is -2.42. The molecule has 0 unspecified atom stereocenters. The molecule has 2 aromatic carbocycles. The van der Waals surface area contributed by atoms with Crippen molar-refractivity contribution in [2.24, 2.45) is 0 Å². The second-order valence-electron chi connectivity index (χ2n) is 5.88. The van der Waals surface area contributed by atoms with Crippen LogP contribution in [0.4, 0.5) is 19.3 Å². The van der Waals surface area contributed by atoms with Crippen molar-refractivity contribution in [2.75, 3.05) is 18.9 Å². The number of likely N-dealkylation sites (tertiary alicyclic amines) is 1. The lowest BCUT2D eigenvalue weighted by Gasteiger charge is -2.16. The van der Waals surface area contributed by atoms with Gasteiger partial charge in [-0.3, -0.25) is 4.79 Å². The highest BCUT2D eigenvalue weighted by Crippen LogP contribution is 2.31. The Bertz CT molecular complexity index is 811. The molecule has 25 heavy (non-hydrogen) atoms. The highest BCUT2D eigenvalue weighted by molar-refractivity contribution is 5.97. The molecule has 3 amide bonds. The molecular formula is C18H17F2N3O2. The van der Waals surface area contributed by atoms with Crippen LogP contribution in [-0.4, -0.2) is 36.5 Å². The van der Waals surface area contributed by atoms with Crippen LogP contribution in [0.1, 0.15) is 6.42 Å². The smallest absolute Gasteiger partial charge is 0.319 e. The van der Waals surface area contributed by atoms with Crippen molar-refractivity contribution in [3.05, 3.63) is 54.1 Å². The van der Waals surface area contributed by atoms with E-state index in [0.29, 0.717) is 24.6 Å². The Morgan fingerprint density at radius 3 is 2.56 bits per heavy atom. The Hall–Kier alpha value is -2.96. The fourth-order valence-corrected chi connectivity index (χ4v) is 2.81. The number of likely N-dealkylation sites (N-methyl/N-ethyl adjacent to an activating group) is 1. The SMILES string of the molecule is CN1CC[C@@H](NC(=O)Nc2c(F)cc(F)cc2-c2ccccc2)C1=O. The summed E-state index contributed by atoms with van der Waals surface area (Å²) in [5, 5.41) is 4.93. The predicted octanol–water partition coefficient (Wildman–Crippen LogP) is 2.98. The van der Waals surface area contributed by atoms with Crippen LogP contribution in [0.5, 0.6) is 0 Å². The molecule has 1 fully saturated rings. The molecule has 0 spiro atoms. The summed E-state index contributed by atoms with van der Waals surface area (Å²) >= 11 is 0. The largest absolute Gasteiger partial charge is 0.344 e. The van der Waals surface area contributed by atoms with Gasteiger partial charge < -0.3 is 15.5 Å². The van der Waals surface area contributed by atoms with Gasteiger partial charge in [-0.05, 0) is 18.1 Å². The number of halogens is 2. The standard InChI is InChI=1S/C18H17F2N3O2/c1-23-8-7-15(17(23)24)21-18(25)22-16-13(9-12(19)10-14(16)20)11-5-3-2-4-6-11/h2-6,9-10,15H,7-8H2,1H3,(H2,21,22,25)/t15-/m1/s1. The summed E-state index contributed by atoms with van der Waals surface area (Å²) < 4.78 is 27.9. The number of hydrogen-bond acceptors (Lipinski definition) is 2. The van der Waals surface area contributed by atoms with E-state index in [1.54, 1.807) is 37.4 Å². The maximum absolute atomic E-state index is 14.3. The molecule has 2 aromatic rings. The minimum absolute atomic E-state index is 0.135. The highest BCUT2D eigenvalue weighted by Gasteiger charge is 2.30. The first-order valence-electron chi connectivity index (χ1n) is 7.82. The van der Waals surface area contributed by atoms with Crippen LogP contribution < -0.4 is 10.6 Å². The van der Waals surface area contributed by atoms with E-state index in [0.717, 1.165) is 6.07 Å². The van der Waals surface area contributed by atoms with E-state index in [-0.39, 0.29) is 17.2 Å². The van der Waals surface area contributed by atoms with Crippen molar-refractivity contribution in [3.8, 4) is 11.1 Å². The average Bonchev–Trinajstić information content (AvgIpc) is 2.90. The van der Waals surface area contributed by atoms with Crippen LogP contribution in [0.15, 0.2) is 42.5 Å². The molecule has 5 nitrogen and oxygen atoms in total. The molecule has 0 radical (unpaired) electrons. The lowest BCUT2D eigenvalue weighted by molar-refractivity contribution is -0.128. The number of carbonyl (C=O) groups excluding carboxylic acids is 2. The normalized spacial score (nSPS) is 16.8. The van der Waals surface area contributed by atoms with E-state index in [9.17, 15) is 18.4 Å². The number of amides is 3. The zero-order valence-electron chi connectivity index (χ0n) is 13.6. The second-order valence-corrected chi connectivity index (χ2v) is 5.88. The minimum atomic E-state index is -0.885. The lowest BCUT2D eigenvalue weighted by atomic mass is 10.0. The van der Waals surface area contributed by atoms with Gasteiger partial charge in [0.2, 0.25) is 5.91 Å². The third kappa shape index (κ3) is 3.60. The van der Waals surface area contributed by atoms with Gasteiger partial charge in [-0.25, -0.2) is 13.6 Å². The van der Waals surface area contributed by atoms with E-state index < -0.39 is 23.7 Å². The zero-order valence-corrected chi connectivity index (χ0v) is 13.6. The Kier molecular flexibility index (Phi) is 4.65. The Labute approximate surface area is 143 Å². The number of nitrogens with one attached hydrogen (secondary N) is 2. The van der Waals surface area contributed by atoms with Gasteiger partial charge in [-0.2, -0.15) is 0 Å². The molecule has 7 heteroatoms. The van der Waals surface area contributed by atoms with Crippen molar-refractivity contribution in [1.29, 1.82) is 0 Å². The van der Waals surface area contributed by atoms with Crippen LogP contribution >= 0.6 is 0 Å². The van der Waals surface area contributed by atoms with E-state index >= 15 is 0 Å². The molecule has 1 aliphatic rings. The topological polar surface area (TPSA) is 61.4 Å². The third-order valence-corrected chi connectivity index (χ3v) is 4.11. The maximum atomic E-state index is 14.3. The highest BCUT2D eigenvalue weighted by atomic mass is 19.1. The molecule has 1 aliphatic heterocycles. The predicted molar refractivity (Wildman–Crippen MR) is 90.0 cm³/mol. The van der Waals surface area contributed by atoms with Gasteiger partial charge in [0, 0.05) is 25.2 Å². The van der Waals surface area contributed by atoms with Crippen molar-refractivity contribution in [3.63, 3.8) is 0 Å². The van der Waals surface area contributed by atoms with Crippen molar-refractivity contribution in [1.82, 2.24) is 10.2 Å². The van der Waals surface area contributed by atoms with Crippen molar-refractivity contribution in [2.45, 2.75) is 12.5 Å². The summed E-state index contributed by atoms with van der Waals surface area (Å²) in [6, 6.07) is 9.12. The number of urea groups is 1. The van der Waals surface area contributed by atoms with Gasteiger partial charge in [0.25, 0.3) is 0 Å². The van der Waals surface area contributed by atoms with Gasteiger partial charge in [0.15, 0.2) is 0 Å². The van der Waals surface area contributed by atoms with Crippen LogP contribution in [-0.2, 0) is 4.79 Å². The van der Waals surface area contributed by atoms with Gasteiger partial charge >= 0.3 is 6.03 Å². The number of carbonyl (C=O) groups is 2. The molecule has 0 aliphatic carbocycles. The summed E-state index contributed by atoms with van der Waals surface area (Å²) in [7, 11) is 1.65. The summed E-state index contributed by atoms with van der Waals surface area (Å²) in [6.07, 6.45) is 0.486. The summed E-state index contributed by atoms with van der Waals surface area (Å²) in [5.74, 6) is -1.82. The van der Waals surface area contributed by atoms with Gasteiger partial charge in [0.05, 0.1) is 5.69 Å². The molecule has 0 bridgehead atoms. The number of rotatable bonds is 3. The average molecular weight is 345 g/mol. The molecule has 130 valence electrons. The second kappa shape index (κ2) is 6.88. The molecule has 2 N–H and O–H groups in total. The van der Waals surface area contributed by atoms with Crippen LogP contribution in [0.2, 0.25) is 0 Å². The van der Waals surface area contributed by atoms with Gasteiger partial charge in [-0.15, -0.1) is 0 Å². The Balaban J connectivity index is 1.85. The minimum Gasteiger partial charge on any atom is -0.344 e. The zero-order chi connectivity index (χ0) is 18.0. The molecule has 0 aromatic heterocycles. The molecule has 1 heterocycles. The van der Waals surface area contributed by atoms with E-state index in [1.807, 2.05) is 0 Å². The quantitative estimate of drug-likeness (QED) is 0.898. The molecule has 3 rings (SSSR count). The first kappa shape index (κ1) is 16.9. The molecular weight excluding hydrogens is 328 g/mol. The first-order valence-corrected chi connectivity index (χ1v) is 7.82. The molecule has 1 atom stereocenters. The van der Waals surface area contributed by atoms with Crippen molar-refractivity contribution >= 4 is 17.6 Å². The fourth-order valence-electron chi connectivity index (χ4n) is 2.81. The van der Waals surface area contributed by atoms with Crippen molar-refractivity contribution < 1.29 is 18.4 Å². The number of anilines is 1. The number of hydrogen-bond donors (Lipinski definition) is 2. The number of nitrogens with zero attached hydrogens (tertiary/aromatic N) is 1. The van der Waals surface area contributed by atoms with E-state index in [2.05, 4.69) is 10.6 Å². The van der Waals surface area contributed by atoms with Crippen LogP contribution in [0.25, 0.3) is 11.1 Å². The Morgan fingerprint density at radius 1 is 1.20 bits per heavy atom. The van der Waals surface area contributed by atoms with E-state index in [4.69, 9.17) is 0 Å². The molecule has 0 saturated carbocycles. The summed E-state index contributed by atoms with van der Waals surface area (Å²) in [5.41, 5.74) is 0.653. The van der Waals surface area contributed by atoms with Gasteiger partial charge in [0.1, 0.15) is 17.7 Å². The van der Waals surface area contributed by atoms with Crippen LogP contribution in [0.3, 0.4) is 0 Å².